The summed E-state index contributed by atoms with van der Waals surface area (Å²) in [7, 11) is 3.15. The first kappa shape index (κ1) is 104. The van der Waals surface area contributed by atoms with Crippen LogP contribution in [0.1, 0.15) is 247 Å². The number of aryl methyl sites for hydroxylation is 1. The van der Waals surface area contributed by atoms with Crippen LogP contribution in [0.25, 0.3) is 0 Å². The summed E-state index contributed by atoms with van der Waals surface area (Å²) in [5.41, 5.74) is 21.7. The minimum atomic E-state index is -1.41. The Morgan fingerprint density at radius 3 is 0.803 bits per heavy atom. The Hall–Kier alpha value is -15.0. The van der Waals surface area contributed by atoms with E-state index in [4.69, 9.17) is 51.1 Å². The summed E-state index contributed by atoms with van der Waals surface area (Å²) in [6, 6.07) is 52.1. The van der Waals surface area contributed by atoms with Gasteiger partial charge in [-0.1, -0.05) is 274 Å². The van der Waals surface area contributed by atoms with Gasteiger partial charge in [-0.2, -0.15) is 0 Å². The molecular formula is C114H111F6N9O6S2. The highest BCUT2D eigenvalue weighted by Crippen LogP contribution is 2.36. The van der Waals surface area contributed by atoms with E-state index in [1.807, 2.05) is 216 Å². The number of carbonyl (C=O) groups is 4. The van der Waals surface area contributed by atoms with E-state index >= 15 is 26.3 Å². The van der Waals surface area contributed by atoms with Crippen LogP contribution in [0.5, 0.6) is 11.5 Å². The quantitative estimate of drug-likeness (QED) is 0.0281. The molecule has 702 valence electrons. The van der Waals surface area contributed by atoms with Crippen LogP contribution < -0.4 is 58.6 Å². The molecule has 0 heterocycles. The number of halogens is 6. The second-order valence-electron chi connectivity index (χ2n) is 39.0. The summed E-state index contributed by atoms with van der Waals surface area (Å²) in [6.07, 6.45) is -0.0742. The summed E-state index contributed by atoms with van der Waals surface area (Å²) < 4.78 is 112. The van der Waals surface area contributed by atoms with Gasteiger partial charge >= 0.3 is 12.1 Å². The summed E-state index contributed by atoms with van der Waals surface area (Å²) in [4.78, 5) is 49.2. The molecular weight excluding hydrogens is 1770 g/mol. The van der Waals surface area contributed by atoms with Crippen molar-refractivity contribution in [2.24, 2.45) is 17.2 Å². The lowest BCUT2D eigenvalue weighted by molar-refractivity contribution is -0.118. The van der Waals surface area contributed by atoms with Gasteiger partial charge in [0.05, 0.1) is 76.8 Å². The first-order valence-electron chi connectivity index (χ1n) is 44.0. The topological polar surface area (TPSA) is 237 Å². The molecule has 0 radical (unpaired) electrons. The average Bonchev–Trinajstić information content (AvgIpc) is 0.774. The fraction of sp³-hybridized carbons (Fsp3) is 0.263. The maximum atomic E-state index is 17.4. The van der Waals surface area contributed by atoms with Crippen molar-refractivity contribution in [3.8, 4) is 82.5 Å². The molecule has 11 aromatic rings. The van der Waals surface area contributed by atoms with Gasteiger partial charge in [0.15, 0.2) is 45.1 Å². The van der Waals surface area contributed by atoms with Crippen LogP contribution in [0.4, 0.5) is 70.1 Å². The summed E-state index contributed by atoms with van der Waals surface area (Å²) in [6.45, 7) is 37.8. The van der Waals surface area contributed by atoms with Crippen molar-refractivity contribution >= 4 is 92.5 Å². The highest BCUT2D eigenvalue weighted by atomic mass is 32.1. The van der Waals surface area contributed by atoms with Crippen molar-refractivity contribution in [3.05, 3.63) is 339 Å². The summed E-state index contributed by atoms with van der Waals surface area (Å²) in [5, 5.41) is 18.1. The molecule has 0 spiro atoms. The molecule has 0 atom stereocenters. The molecule has 15 nitrogen and oxygen atoms in total. The first-order chi connectivity index (χ1) is 64.1. The molecule has 0 bridgehead atoms. The number of primary amides is 3. The van der Waals surface area contributed by atoms with Gasteiger partial charge in [-0.3, -0.25) is 9.59 Å². The number of carbonyl (C=O) groups excluding carboxylic acids is 4. The largest absolute Gasteiger partial charge is 0.497 e. The van der Waals surface area contributed by atoms with Gasteiger partial charge in [-0.05, 0) is 223 Å². The second kappa shape index (κ2) is 43.6. The van der Waals surface area contributed by atoms with Crippen molar-refractivity contribution < 1.29 is 55.0 Å². The Kier molecular flexibility index (Phi) is 33.1. The van der Waals surface area contributed by atoms with E-state index in [0.29, 0.717) is 56.4 Å². The van der Waals surface area contributed by atoms with E-state index in [1.165, 1.54) is 0 Å². The molecule has 0 aliphatic heterocycles. The Morgan fingerprint density at radius 1 is 0.299 bits per heavy atom. The number of anilines is 6. The molecule has 12 N–H and O–H groups in total. The molecule has 0 aliphatic carbocycles. The molecule has 11 rings (SSSR count). The number of rotatable bonds is 14. The number of ketones is 1. The number of methoxy groups -OCH3 is 2. The summed E-state index contributed by atoms with van der Waals surface area (Å²) in [5.74, 6) is 25.4. The van der Waals surface area contributed by atoms with Gasteiger partial charge < -0.3 is 58.6 Å². The van der Waals surface area contributed by atoms with Gasteiger partial charge in [0, 0.05) is 57.6 Å². The normalized spacial score (nSPS) is 11.2. The van der Waals surface area contributed by atoms with E-state index in [9.17, 15) is 19.2 Å². The standard InChI is InChI=1S/C68H65F3N4O3S2.C46H46F3N5O3/c1-42-13-24-51(25-14-42)72-64(79)74-59-35-22-49(67(5,6)7)39-46(59)19-33-57-61(69)56(32-18-44-38-48(66(2,3)4)21-17-45(44)41-53(76)37-43-15-28-54(77-11)29-16-43)62(70)58(63(57)71)34-20-47-40-50(68(8,9)10)23-36-60(47)75-65(80)73-52-26-30-55(78-12)31-27-52;1-44(2,3)30-14-10-27(25-38(50)55)26(22-30)11-17-33-39(47)34(18-12-28-23-31(45(4,5)6)15-20-36(28)53-42(51)56)41(49)35(40(33)48)19-13-29-24-32(46(7,8)9)16-21-37(29)54-43(52)57/h13-17,21-31,35-36,38-40H,37,41H2,1-12H3,(H2,72,74,79)(H2,73,75,80);10,14-16,20-24H,25H2,1-9H3,(H2,50,55)(H3,51,53,56)(H3,52,54,57). The lowest BCUT2D eigenvalue weighted by atomic mass is 9.84. The van der Waals surface area contributed by atoms with Gasteiger partial charge in [0.2, 0.25) is 5.91 Å². The van der Waals surface area contributed by atoms with Crippen molar-refractivity contribution in [3.63, 3.8) is 0 Å². The van der Waals surface area contributed by atoms with E-state index < -0.39 is 86.3 Å². The zero-order chi connectivity index (χ0) is 101. The van der Waals surface area contributed by atoms with Gasteiger partial charge in [-0.25, -0.2) is 35.9 Å². The predicted molar refractivity (Wildman–Crippen MR) is 548 cm³/mol. The maximum absolute atomic E-state index is 17.4. The zero-order valence-corrected chi connectivity index (χ0v) is 82.3. The van der Waals surface area contributed by atoms with Crippen molar-refractivity contribution in [1.82, 2.24) is 0 Å². The van der Waals surface area contributed by atoms with Crippen LogP contribution in [0.15, 0.2) is 182 Å². The molecule has 11 aromatic carbocycles. The minimum absolute atomic E-state index is 0.0146. The third-order valence-electron chi connectivity index (χ3n) is 22.0. The highest BCUT2D eigenvalue weighted by molar-refractivity contribution is 7.81. The number of benzene rings is 11. The second-order valence-corrected chi connectivity index (χ2v) is 39.9. The van der Waals surface area contributed by atoms with E-state index in [0.717, 1.165) is 50.2 Å². The Bertz CT molecular complexity index is 6530. The van der Waals surface area contributed by atoms with Gasteiger partial charge in [0.25, 0.3) is 0 Å². The fourth-order valence-corrected chi connectivity index (χ4v) is 14.3. The molecule has 0 fully saturated rings. The van der Waals surface area contributed by atoms with Crippen molar-refractivity contribution in [2.75, 3.05) is 46.1 Å². The van der Waals surface area contributed by atoms with Gasteiger partial charge in [-0.15, -0.1) is 0 Å². The van der Waals surface area contributed by atoms with Crippen LogP contribution in [-0.2, 0) is 61.3 Å². The SMILES string of the molecule is CC(C)(C)c1ccc(CC(N)=O)c(C#Cc2c(F)c(C#Cc3cc(C(C)(C)C)ccc3NC(N)=O)c(F)c(C#Cc3cc(C(C)(C)C)ccc3NC(N)=O)c2F)c1.COc1ccc(CC(=O)Cc2ccc(C(C)(C)C)cc2C#Cc2c(F)c(C#Cc3cc(C(C)(C)C)ccc3NC(=S)Nc3ccc(C)cc3)c(F)c(C#Cc3cc(C(C)(C)C)ccc3NC(=S)Nc3ccc(OC)cc3)c2F)cc1. The number of urea groups is 2. The van der Waals surface area contributed by atoms with Crippen LogP contribution in [0, 0.1) is 113 Å². The number of hydrogen-bond acceptors (Lipinski definition) is 8. The Balaban J connectivity index is 0.000000300. The number of hydrogen-bond donors (Lipinski definition) is 9. The third kappa shape index (κ3) is 28.1. The molecule has 23 heteroatoms. The number of Topliss-reactive ketones (excluding diaryl/α,β-unsaturated/α-hetero) is 1. The molecule has 0 aromatic heterocycles. The predicted octanol–water partition coefficient (Wildman–Crippen LogP) is 23.7. The highest BCUT2D eigenvalue weighted by Gasteiger charge is 2.29. The molecule has 0 unspecified atom stereocenters. The fourth-order valence-electron chi connectivity index (χ4n) is 13.9. The van der Waals surface area contributed by atoms with E-state index in [2.05, 4.69) is 103 Å². The van der Waals surface area contributed by atoms with E-state index in [1.54, 1.807) is 111 Å². The van der Waals surface area contributed by atoms with Gasteiger partial charge in [0.1, 0.15) is 17.3 Å². The molecule has 0 saturated heterocycles. The van der Waals surface area contributed by atoms with Crippen molar-refractivity contribution in [1.29, 1.82) is 0 Å². The maximum Gasteiger partial charge on any atom is 0.316 e. The van der Waals surface area contributed by atoms with Crippen LogP contribution in [-0.4, -0.2) is 48.2 Å². The number of amides is 5. The third-order valence-corrected chi connectivity index (χ3v) is 22.5. The average molecular weight is 1880 g/mol. The van der Waals surface area contributed by atoms with Crippen LogP contribution in [0.2, 0.25) is 0 Å². The van der Waals surface area contributed by atoms with Crippen molar-refractivity contribution in [2.45, 2.75) is 183 Å². The van der Waals surface area contributed by atoms with E-state index in [-0.39, 0.29) is 95.8 Å². The van der Waals surface area contributed by atoms with Crippen LogP contribution >= 0.6 is 24.4 Å². The monoisotopic (exact) mass is 1880 g/mol. The number of nitrogens with two attached hydrogens (primary N) is 3. The van der Waals surface area contributed by atoms with Crippen LogP contribution in [0.3, 0.4) is 0 Å². The summed E-state index contributed by atoms with van der Waals surface area (Å²) >= 11 is 11.4. The lowest BCUT2D eigenvalue weighted by Crippen LogP contribution is -2.20. The number of ether oxygens (including phenoxy) is 2. The Labute approximate surface area is 810 Å². The zero-order valence-electron chi connectivity index (χ0n) is 80.7. The molecule has 0 saturated carbocycles. The number of thiocarbonyl (C=S) groups is 2. The lowest BCUT2D eigenvalue weighted by Gasteiger charge is -2.21. The Morgan fingerprint density at radius 2 is 0.540 bits per heavy atom. The molecule has 0 aliphatic rings. The first-order valence-corrected chi connectivity index (χ1v) is 44.8. The molecule has 137 heavy (non-hydrogen) atoms. The molecule has 5 amide bonds. The minimum Gasteiger partial charge on any atom is -0.497 e. The smallest absolute Gasteiger partial charge is 0.316 e. The number of nitrogens with one attached hydrogen (secondary N) is 6.